The summed E-state index contributed by atoms with van der Waals surface area (Å²) in [6.45, 7) is 5.91. The molecule has 1 aromatic carbocycles. The second-order valence-corrected chi connectivity index (χ2v) is 2.57. The minimum absolute atomic E-state index is 0. The van der Waals surface area contributed by atoms with E-state index in [4.69, 9.17) is 5.11 Å². The number of rotatable bonds is 0. The summed E-state index contributed by atoms with van der Waals surface area (Å²) in [4.78, 5) is 0. The molecule has 1 nitrogen and oxygen atoms in total. The van der Waals surface area contributed by atoms with E-state index in [9.17, 15) is 0 Å². The van der Waals surface area contributed by atoms with Crippen molar-refractivity contribution in [2.24, 2.45) is 0 Å². The Morgan fingerprint density at radius 2 is 1.73 bits per heavy atom. The SMILES string of the molecule is Cc1c[c-]c(O)c(C)c1C.[Y+3]. The molecular weight excluding hydrogens is 213 g/mol. The average Bonchev–Trinajstić information content (AvgIpc) is 1.93. The molecule has 0 aliphatic rings. The third-order valence-corrected chi connectivity index (χ3v) is 1.93. The zero-order valence-corrected chi connectivity index (χ0v) is 9.94. The molecule has 0 aliphatic heterocycles. The number of phenols is 1. The zero-order valence-electron chi connectivity index (χ0n) is 7.10. The van der Waals surface area contributed by atoms with Gasteiger partial charge in [-0.3, -0.25) is 0 Å². The van der Waals surface area contributed by atoms with E-state index >= 15 is 0 Å². The molecule has 2 heteroatoms. The number of aromatic hydroxyl groups is 1. The van der Waals surface area contributed by atoms with Gasteiger partial charge in [0.15, 0.2) is 0 Å². The first-order chi connectivity index (χ1) is 4.63. The normalized spacial score (nSPS) is 9.00. The fourth-order valence-corrected chi connectivity index (χ4v) is 0.866. The Kier molecular flexibility index (Phi) is 4.27. The second kappa shape index (κ2) is 4.22. The number of hydrogen-bond donors (Lipinski definition) is 1. The molecule has 0 fully saturated rings. The Morgan fingerprint density at radius 3 is 2.18 bits per heavy atom. The van der Waals surface area contributed by atoms with E-state index in [0.29, 0.717) is 0 Å². The summed E-state index contributed by atoms with van der Waals surface area (Å²) in [5, 5.41) is 9.17. The van der Waals surface area contributed by atoms with Gasteiger partial charge in [0.2, 0.25) is 0 Å². The van der Waals surface area contributed by atoms with Crippen molar-refractivity contribution in [3.8, 4) is 5.75 Å². The van der Waals surface area contributed by atoms with Crippen molar-refractivity contribution < 1.29 is 37.8 Å². The van der Waals surface area contributed by atoms with Crippen molar-refractivity contribution in [3.05, 3.63) is 28.8 Å². The van der Waals surface area contributed by atoms with Gasteiger partial charge in [0.25, 0.3) is 0 Å². The number of phenolic OH excluding ortho intramolecular Hbond substituents is 1. The maximum atomic E-state index is 9.17. The van der Waals surface area contributed by atoms with Gasteiger partial charge in [-0.1, -0.05) is 20.8 Å². The molecule has 1 aromatic rings. The first-order valence-corrected chi connectivity index (χ1v) is 3.30. The van der Waals surface area contributed by atoms with Gasteiger partial charge >= 0.3 is 32.7 Å². The van der Waals surface area contributed by atoms with Crippen LogP contribution < -0.4 is 0 Å². The number of benzene rings is 1. The quantitative estimate of drug-likeness (QED) is 0.669. The van der Waals surface area contributed by atoms with Crippen LogP contribution >= 0.6 is 0 Å². The molecule has 0 amide bonds. The first-order valence-electron chi connectivity index (χ1n) is 3.30. The Balaban J connectivity index is 0.000001000. The van der Waals surface area contributed by atoms with E-state index < -0.39 is 0 Å². The van der Waals surface area contributed by atoms with Gasteiger partial charge in [-0.25, -0.2) is 0 Å². The molecule has 0 aliphatic carbocycles. The number of aryl methyl sites for hydroxylation is 1. The molecule has 0 heterocycles. The van der Waals surface area contributed by atoms with Crippen LogP contribution in [-0.2, 0) is 32.7 Å². The van der Waals surface area contributed by atoms with Crippen LogP contribution in [0.2, 0.25) is 0 Å². The van der Waals surface area contributed by atoms with E-state index in [1.54, 1.807) is 6.07 Å². The van der Waals surface area contributed by atoms with Gasteiger partial charge in [0.05, 0.1) is 0 Å². The fourth-order valence-electron chi connectivity index (χ4n) is 0.866. The molecule has 0 saturated heterocycles. The van der Waals surface area contributed by atoms with Crippen molar-refractivity contribution in [2.45, 2.75) is 20.8 Å². The summed E-state index contributed by atoms with van der Waals surface area (Å²) in [6.07, 6.45) is 0. The van der Waals surface area contributed by atoms with Gasteiger partial charge in [0.1, 0.15) is 0 Å². The van der Waals surface area contributed by atoms with Crippen LogP contribution in [-0.4, -0.2) is 5.11 Å². The van der Waals surface area contributed by atoms with Crippen LogP contribution in [0.25, 0.3) is 0 Å². The molecule has 0 unspecified atom stereocenters. The van der Waals surface area contributed by atoms with E-state index in [-0.39, 0.29) is 38.5 Å². The van der Waals surface area contributed by atoms with Gasteiger partial charge < -0.3 is 5.11 Å². The predicted octanol–water partition coefficient (Wildman–Crippen LogP) is 2.12. The molecule has 1 rings (SSSR count). The molecular formula is C9H11OY+2. The summed E-state index contributed by atoms with van der Waals surface area (Å²) in [7, 11) is 0. The topological polar surface area (TPSA) is 20.2 Å². The largest absolute Gasteiger partial charge is 3.00 e. The Bertz CT molecular complexity index is 229. The Morgan fingerprint density at radius 1 is 1.18 bits per heavy atom. The molecule has 0 atom stereocenters. The van der Waals surface area contributed by atoms with Crippen LogP contribution in [0.15, 0.2) is 6.07 Å². The van der Waals surface area contributed by atoms with Crippen LogP contribution in [0.3, 0.4) is 0 Å². The molecule has 0 aromatic heterocycles. The van der Waals surface area contributed by atoms with Crippen LogP contribution in [0.4, 0.5) is 0 Å². The second-order valence-electron chi connectivity index (χ2n) is 2.57. The molecule has 0 bridgehead atoms. The van der Waals surface area contributed by atoms with Crippen molar-refractivity contribution in [1.82, 2.24) is 0 Å². The van der Waals surface area contributed by atoms with Gasteiger partial charge in [0, 0.05) is 5.75 Å². The maximum Gasteiger partial charge on any atom is 3.00 e. The Hall–Kier alpha value is 0.124. The molecule has 0 radical (unpaired) electrons. The van der Waals surface area contributed by atoms with Crippen LogP contribution in [0.1, 0.15) is 16.7 Å². The summed E-state index contributed by atoms with van der Waals surface area (Å²) < 4.78 is 0. The minimum atomic E-state index is 0. The number of hydrogen-bond acceptors (Lipinski definition) is 1. The third-order valence-electron chi connectivity index (χ3n) is 1.93. The minimum Gasteiger partial charge on any atom is -0.534 e. The fraction of sp³-hybridized carbons (Fsp3) is 0.333. The van der Waals surface area contributed by atoms with Gasteiger partial charge in [-0.05, 0) is 0 Å². The summed E-state index contributed by atoms with van der Waals surface area (Å²) in [5.41, 5.74) is 3.26. The average molecular weight is 224 g/mol. The molecule has 0 spiro atoms. The van der Waals surface area contributed by atoms with E-state index in [2.05, 4.69) is 6.07 Å². The van der Waals surface area contributed by atoms with E-state index in [0.717, 1.165) is 11.1 Å². The van der Waals surface area contributed by atoms with Gasteiger partial charge in [-0.15, -0.1) is 11.6 Å². The maximum absolute atomic E-state index is 9.17. The Labute approximate surface area is 92.7 Å². The van der Waals surface area contributed by atoms with Crippen molar-refractivity contribution in [3.63, 3.8) is 0 Å². The van der Waals surface area contributed by atoms with E-state index in [1.807, 2.05) is 20.8 Å². The third kappa shape index (κ3) is 2.28. The molecule has 54 valence electrons. The standard InChI is InChI=1S/C9H11O.Y/c1-6-4-5-9(10)8(3)7(6)2;/h4,10H,1-3H3;/q-1;+3. The molecule has 11 heavy (non-hydrogen) atoms. The molecule has 1 N–H and O–H groups in total. The van der Waals surface area contributed by atoms with Gasteiger partial charge in [-0.2, -0.15) is 17.2 Å². The predicted molar refractivity (Wildman–Crippen MR) is 41.2 cm³/mol. The monoisotopic (exact) mass is 224 g/mol. The first kappa shape index (κ1) is 11.1. The van der Waals surface area contributed by atoms with Crippen molar-refractivity contribution in [2.75, 3.05) is 0 Å². The zero-order chi connectivity index (χ0) is 7.72. The van der Waals surface area contributed by atoms with Crippen LogP contribution in [0, 0.1) is 26.8 Å². The summed E-state index contributed by atoms with van der Waals surface area (Å²) in [5.74, 6) is 0.267. The van der Waals surface area contributed by atoms with Crippen molar-refractivity contribution >= 4 is 0 Å². The molecule has 0 saturated carbocycles. The van der Waals surface area contributed by atoms with E-state index in [1.165, 1.54) is 5.56 Å². The van der Waals surface area contributed by atoms with Crippen LogP contribution in [0.5, 0.6) is 5.75 Å². The summed E-state index contributed by atoms with van der Waals surface area (Å²) >= 11 is 0. The van der Waals surface area contributed by atoms with Crippen molar-refractivity contribution in [1.29, 1.82) is 0 Å². The smallest absolute Gasteiger partial charge is 0.534 e. The summed E-state index contributed by atoms with van der Waals surface area (Å²) in [6, 6.07) is 4.57.